The molecule has 23 heavy (non-hydrogen) atoms. The van der Waals surface area contributed by atoms with Crippen LogP contribution in [0.3, 0.4) is 0 Å². The number of fused-ring (bicyclic) bond motifs is 2. The van der Waals surface area contributed by atoms with Gasteiger partial charge in [0.2, 0.25) is 0 Å². The minimum atomic E-state index is 0. The van der Waals surface area contributed by atoms with Crippen LogP contribution < -0.4 is 4.90 Å². The Morgan fingerprint density at radius 1 is 0.957 bits per heavy atom. The number of anilines is 1. The summed E-state index contributed by atoms with van der Waals surface area (Å²) in [6.07, 6.45) is 9.25. The molecular formula is C17H29Cl2N3O. The third-order valence-corrected chi connectivity index (χ3v) is 5.69. The normalized spacial score (nSPS) is 29.9. The summed E-state index contributed by atoms with van der Waals surface area (Å²) in [5, 5.41) is 0. The van der Waals surface area contributed by atoms with E-state index in [4.69, 9.17) is 0 Å². The van der Waals surface area contributed by atoms with Gasteiger partial charge in [0.05, 0.1) is 0 Å². The molecule has 6 heteroatoms. The van der Waals surface area contributed by atoms with Crippen molar-refractivity contribution in [2.24, 2.45) is 11.8 Å². The largest absolute Gasteiger partial charge is 0.412 e. The van der Waals surface area contributed by atoms with Gasteiger partial charge in [0, 0.05) is 38.4 Å². The Bertz CT molecular complexity index is 462. The van der Waals surface area contributed by atoms with Crippen molar-refractivity contribution in [3.8, 4) is 0 Å². The number of piperazine rings is 1. The van der Waals surface area contributed by atoms with E-state index in [0.29, 0.717) is 0 Å². The molecule has 0 radical (unpaired) electrons. The van der Waals surface area contributed by atoms with Gasteiger partial charge in [-0.15, -0.1) is 24.8 Å². The van der Waals surface area contributed by atoms with E-state index in [9.17, 15) is 0 Å². The average Bonchev–Trinajstić information content (AvgIpc) is 2.53. The zero-order valence-corrected chi connectivity index (χ0v) is 15.2. The highest BCUT2D eigenvalue weighted by molar-refractivity contribution is 5.85. The predicted octanol–water partition coefficient (Wildman–Crippen LogP) is 2.80. The maximum Gasteiger partial charge on any atom is 0.128 e. The van der Waals surface area contributed by atoms with E-state index >= 15 is 0 Å². The van der Waals surface area contributed by atoms with E-state index in [0.717, 1.165) is 30.2 Å². The van der Waals surface area contributed by atoms with Gasteiger partial charge in [-0.2, -0.15) is 0 Å². The molecule has 0 bridgehead atoms. The maximum atomic E-state index is 4.53. The Balaban J connectivity index is 0.000000882. The number of halogens is 2. The zero-order valence-electron chi connectivity index (χ0n) is 13.6. The molecular weight excluding hydrogens is 333 g/mol. The fraction of sp³-hybridized carbons (Fsp3) is 0.706. The predicted molar refractivity (Wildman–Crippen MR) is 100.0 cm³/mol. The molecule has 3 fully saturated rings. The number of piperidine rings is 1. The van der Waals surface area contributed by atoms with Crippen molar-refractivity contribution in [1.82, 2.24) is 9.88 Å². The lowest BCUT2D eigenvalue weighted by Crippen LogP contribution is -2.58. The first-order valence-electron chi connectivity index (χ1n) is 8.30. The third-order valence-electron chi connectivity index (χ3n) is 5.69. The van der Waals surface area contributed by atoms with Gasteiger partial charge in [-0.25, -0.2) is 4.98 Å². The lowest BCUT2D eigenvalue weighted by atomic mass is 9.72. The molecule has 4 nitrogen and oxygen atoms in total. The van der Waals surface area contributed by atoms with Crippen LogP contribution in [0, 0.1) is 11.8 Å². The molecule has 0 aromatic carbocycles. The van der Waals surface area contributed by atoms with E-state index in [-0.39, 0.29) is 30.3 Å². The highest BCUT2D eigenvalue weighted by Crippen LogP contribution is 2.39. The molecule has 1 aliphatic carbocycles. The lowest BCUT2D eigenvalue weighted by molar-refractivity contribution is 0.0319. The molecule has 4 rings (SSSR count). The van der Waals surface area contributed by atoms with Crippen molar-refractivity contribution in [3.05, 3.63) is 24.4 Å². The Kier molecular flexibility index (Phi) is 8.08. The van der Waals surface area contributed by atoms with Crippen LogP contribution in [-0.4, -0.2) is 47.6 Å². The molecule has 3 atom stereocenters. The summed E-state index contributed by atoms with van der Waals surface area (Å²) in [5.74, 6) is 3.17. The smallest absolute Gasteiger partial charge is 0.128 e. The summed E-state index contributed by atoms with van der Waals surface area (Å²) in [7, 11) is 0. The summed E-state index contributed by atoms with van der Waals surface area (Å²) in [6.45, 7) is 4.92. The summed E-state index contributed by atoms with van der Waals surface area (Å²) < 4.78 is 0. The van der Waals surface area contributed by atoms with Gasteiger partial charge in [-0.3, -0.25) is 4.90 Å². The van der Waals surface area contributed by atoms with Crippen LogP contribution in [-0.2, 0) is 0 Å². The highest BCUT2D eigenvalue weighted by atomic mass is 35.5. The van der Waals surface area contributed by atoms with Crippen LogP contribution >= 0.6 is 24.8 Å². The first-order valence-corrected chi connectivity index (χ1v) is 8.30. The molecule has 0 amide bonds. The molecule has 2 saturated heterocycles. The molecule has 3 aliphatic rings. The molecule has 132 valence electrons. The van der Waals surface area contributed by atoms with Crippen molar-refractivity contribution in [2.45, 2.75) is 38.1 Å². The number of hydrogen-bond donors (Lipinski definition) is 0. The number of nitrogens with zero attached hydrogens (tertiary/aromatic N) is 3. The summed E-state index contributed by atoms with van der Waals surface area (Å²) in [4.78, 5) is 9.79. The Hall–Kier alpha value is -0.550. The van der Waals surface area contributed by atoms with Gasteiger partial charge in [-0.1, -0.05) is 25.3 Å². The van der Waals surface area contributed by atoms with Crippen molar-refractivity contribution in [1.29, 1.82) is 0 Å². The first-order chi connectivity index (χ1) is 9.90. The Morgan fingerprint density at radius 2 is 1.74 bits per heavy atom. The monoisotopic (exact) mass is 361 g/mol. The maximum absolute atomic E-state index is 4.53. The second-order valence-corrected chi connectivity index (χ2v) is 6.82. The standard InChI is InChI=1S/C17H25N3.2ClH.H2O/c1-2-6-15-12-19-9-10-20(17-7-3-4-8-18-17)13-16(19)11-14(15)5-1;;;/h3-4,7-8,14-16H,1-2,5-6,9-13H2;2*1H;1H2/t14-,15+,16-;;;/m1.../s1. The number of pyridine rings is 1. The van der Waals surface area contributed by atoms with Crippen LogP contribution in [0.5, 0.6) is 0 Å². The molecule has 0 spiro atoms. The van der Waals surface area contributed by atoms with E-state index < -0.39 is 0 Å². The molecule has 1 aromatic heterocycles. The van der Waals surface area contributed by atoms with Gasteiger partial charge >= 0.3 is 0 Å². The average molecular weight is 362 g/mol. The van der Waals surface area contributed by atoms with Gasteiger partial charge in [-0.05, 0) is 36.8 Å². The van der Waals surface area contributed by atoms with Crippen molar-refractivity contribution in [2.75, 3.05) is 31.1 Å². The Labute approximate surface area is 151 Å². The second kappa shape index (κ2) is 9.07. The highest BCUT2D eigenvalue weighted by Gasteiger charge is 2.39. The zero-order chi connectivity index (χ0) is 13.4. The lowest BCUT2D eigenvalue weighted by Gasteiger charge is -2.50. The van der Waals surface area contributed by atoms with Crippen LogP contribution in [0.4, 0.5) is 5.82 Å². The number of rotatable bonds is 1. The van der Waals surface area contributed by atoms with Crippen molar-refractivity contribution < 1.29 is 5.48 Å². The SMILES string of the molecule is Cl.Cl.O.c1ccc(N2CCN3C[C@@H]4CCCC[C@@H]4C[C@@H]3C2)nc1. The summed E-state index contributed by atoms with van der Waals surface area (Å²) in [6, 6.07) is 7.03. The Morgan fingerprint density at radius 3 is 2.48 bits per heavy atom. The van der Waals surface area contributed by atoms with E-state index in [1.807, 2.05) is 12.3 Å². The van der Waals surface area contributed by atoms with Crippen LogP contribution in [0.15, 0.2) is 24.4 Å². The van der Waals surface area contributed by atoms with Crippen LogP contribution in [0.2, 0.25) is 0 Å². The van der Waals surface area contributed by atoms with Gasteiger partial charge in [0.25, 0.3) is 0 Å². The van der Waals surface area contributed by atoms with Crippen molar-refractivity contribution in [3.63, 3.8) is 0 Å². The summed E-state index contributed by atoms with van der Waals surface area (Å²) in [5.41, 5.74) is 0. The van der Waals surface area contributed by atoms with Gasteiger partial charge in [0.1, 0.15) is 5.82 Å². The molecule has 3 heterocycles. The van der Waals surface area contributed by atoms with Crippen LogP contribution in [0.1, 0.15) is 32.1 Å². The molecule has 2 N–H and O–H groups in total. The number of hydrogen-bond acceptors (Lipinski definition) is 3. The van der Waals surface area contributed by atoms with Gasteiger partial charge < -0.3 is 10.4 Å². The molecule has 1 aromatic rings. The minimum absolute atomic E-state index is 0. The first kappa shape index (κ1) is 20.5. The van der Waals surface area contributed by atoms with E-state index in [1.54, 1.807) is 0 Å². The van der Waals surface area contributed by atoms with E-state index in [1.165, 1.54) is 51.7 Å². The molecule has 0 unspecified atom stereocenters. The third kappa shape index (κ3) is 4.30. The fourth-order valence-electron chi connectivity index (χ4n) is 4.59. The fourth-order valence-corrected chi connectivity index (χ4v) is 4.59. The molecule has 2 aliphatic heterocycles. The number of aromatic nitrogens is 1. The quantitative estimate of drug-likeness (QED) is 0.772. The van der Waals surface area contributed by atoms with E-state index in [2.05, 4.69) is 26.9 Å². The van der Waals surface area contributed by atoms with Crippen LogP contribution in [0.25, 0.3) is 0 Å². The molecule has 1 saturated carbocycles. The second-order valence-electron chi connectivity index (χ2n) is 6.82. The van der Waals surface area contributed by atoms with Gasteiger partial charge in [0.15, 0.2) is 0 Å². The topological polar surface area (TPSA) is 50.9 Å². The van der Waals surface area contributed by atoms with Crippen molar-refractivity contribution >= 4 is 30.6 Å². The minimum Gasteiger partial charge on any atom is -0.412 e. The summed E-state index contributed by atoms with van der Waals surface area (Å²) >= 11 is 0.